The van der Waals surface area contributed by atoms with Crippen molar-refractivity contribution in [2.75, 3.05) is 7.11 Å². The summed E-state index contributed by atoms with van der Waals surface area (Å²) in [7, 11) is 1.37. The zero-order valence-electron chi connectivity index (χ0n) is 13.6. The number of hydrogen-bond donors (Lipinski definition) is 0. The number of aryl methyl sites for hydroxylation is 1. The zero-order valence-corrected chi connectivity index (χ0v) is 14.4. The normalized spacial score (nSPS) is 12.1. The largest absolute Gasteiger partial charge is 0.468 e. The molecule has 124 valence electrons. The molecule has 1 aromatic carbocycles. The summed E-state index contributed by atoms with van der Waals surface area (Å²) in [6.07, 6.45) is 1.59. The average Bonchev–Trinajstić information content (AvgIpc) is 3.24. The van der Waals surface area contributed by atoms with Crippen molar-refractivity contribution in [3.8, 4) is 17.3 Å². The van der Waals surface area contributed by atoms with Gasteiger partial charge in [0.25, 0.3) is 0 Å². The van der Waals surface area contributed by atoms with E-state index in [1.54, 1.807) is 19.3 Å². The van der Waals surface area contributed by atoms with Crippen molar-refractivity contribution in [1.82, 2.24) is 14.8 Å². The van der Waals surface area contributed by atoms with Crippen molar-refractivity contribution in [2.45, 2.75) is 24.3 Å². The van der Waals surface area contributed by atoms with Crippen LogP contribution in [0.2, 0.25) is 0 Å². The molecule has 0 spiro atoms. The quantitative estimate of drug-likeness (QED) is 0.522. The third-order valence-electron chi connectivity index (χ3n) is 3.48. The van der Waals surface area contributed by atoms with Crippen molar-refractivity contribution in [3.63, 3.8) is 0 Å². The Morgan fingerprint density at radius 1 is 1.25 bits per heavy atom. The lowest BCUT2D eigenvalue weighted by Gasteiger charge is -2.12. The molecule has 0 radical (unpaired) electrons. The standard InChI is InChI=1S/C17H17N3O3S/c1-11-6-8-13(9-7-11)20-15(14-5-4-10-23-14)18-19-17(20)24-12(2)16(21)22-3/h4-10,12H,1-3H3/t12-/m1/s1. The number of carbonyl (C=O) groups is 1. The van der Waals surface area contributed by atoms with Gasteiger partial charge in [-0.2, -0.15) is 0 Å². The molecule has 0 unspecified atom stereocenters. The Labute approximate surface area is 143 Å². The molecule has 1 atom stereocenters. The van der Waals surface area contributed by atoms with Crippen LogP contribution in [0.1, 0.15) is 12.5 Å². The molecule has 0 N–H and O–H groups in total. The number of ether oxygens (including phenoxy) is 1. The number of nitrogens with zero attached hydrogens (tertiary/aromatic N) is 3. The van der Waals surface area contributed by atoms with E-state index in [9.17, 15) is 4.79 Å². The maximum absolute atomic E-state index is 11.7. The molecule has 24 heavy (non-hydrogen) atoms. The lowest BCUT2D eigenvalue weighted by Crippen LogP contribution is -2.15. The van der Waals surface area contributed by atoms with Crippen LogP contribution < -0.4 is 0 Å². The predicted octanol–water partition coefficient (Wildman–Crippen LogP) is 3.49. The van der Waals surface area contributed by atoms with Gasteiger partial charge < -0.3 is 9.15 Å². The van der Waals surface area contributed by atoms with Crippen molar-refractivity contribution >= 4 is 17.7 Å². The molecule has 0 amide bonds. The van der Waals surface area contributed by atoms with Crippen LogP contribution in [0.4, 0.5) is 0 Å². The van der Waals surface area contributed by atoms with Crippen LogP contribution in [0.3, 0.4) is 0 Å². The number of methoxy groups -OCH3 is 1. The first-order chi connectivity index (χ1) is 11.6. The lowest BCUT2D eigenvalue weighted by molar-refractivity contribution is -0.139. The molecule has 6 nitrogen and oxygen atoms in total. The van der Waals surface area contributed by atoms with Gasteiger partial charge in [-0.25, -0.2) is 0 Å². The van der Waals surface area contributed by atoms with E-state index in [-0.39, 0.29) is 5.97 Å². The lowest BCUT2D eigenvalue weighted by atomic mass is 10.2. The van der Waals surface area contributed by atoms with Gasteiger partial charge in [-0.3, -0.25) is 9.36 Å². The SMILES string of the molecule is COC(=O)[C@@H](C)Sc1nnc(-c2ccco2)n1-c1ccc(C)cc1. The number of esters is 1. The molecule has 0 aliphatic rings. The van der Waals surface area contributed by atoms with Crippen molar-refractivity contribution < 1.29 is 13.9 Å². The Morgan fingerprint density at radius 3 is 2.62 bits per heavy atom. The number of thioether (sulfide) groups is 1. The van der Waals surface area contributed by atoms with E-state index in [0.29, 0.717) is 16.7 Å². The minimum Gasteiger partial charge on any atom is -0.468 e. The van der Waals surface area contributed by atoms with Gasteiger partial charge in [-0.05, 0) is 38.1 Å². The number of carbonyl (C=O) groups excluding carboxylic acids is 1. The van der Waals surface area contributed by atoms with Crippen LogP contribution in [-0.4, -0.2) is 33.1 Å². The number of hydrogen-bond acceptors (Lipinski definition) is 6. The van der Waals surface area contributed by atoms with E-state index >= 15 is 0 Å². The second-order valence-electron chi connectivity index (χ2n) is 5.24. The third kappa shape index (κ3) is 3.21. The fraction of sp³-hybridized carbons (Fsp3) is 0.235. The second kappa shape index (κ2) is 6.92. The van der Waals surface area contributed by atoms with Gasteiger partial charge in [0, 0.05) is 5.69 Å². The van der Waals surface area contributed by atoms with Gasteiger partial charge in [0.2, 0.25) is 5.82 Å². The average molecular weight is 343 g/mol. The molecular weight excluding hydrogens is 326 g/mol. The van der Waals surface area contributed by atoms with E-state index in [1.165, 1.54) is 18.9 Å². The van der Waals surface area contributed by atoms with Crippen LogP contribution in [0, 0.1) is 6.92 Å². The minimum atomic E-state index is -0.396. The molecule has 0 fully saturated rings. The fourth-order valence-electron chi connectivity index (χ4n) is 2.21. The Kier molecular flexibility index (Phi) is 4.71. The maximum Gasteiger partial charge on any atom is 0.318 e. The van der Waals surface area contributed by atoms with E-state index in [1.807, 2.05) is 41.8 Å². The first-order valence-corrected chi connectivity index (χ1v) is 8.29. The summed E-state index contributed by atoms with van der Waals surface area (Å²) in [6, 6.07) is 11.6. The van der Waals surface area contributed by atoms with Crippen LogP contribution in [0.5, 0.6) is 0 Å². The smallest absolute Gasteiger partial charge is 0.318 e. The molecular formula is C17H17N3O3S. The van der Waals surface area contributed by atoms with E-state index in [0.717, 1.165) is 11.3 Å². The zero-order chi connectivity index (χ0) is 17.1. The number of aromatic nitrogens is 3. The number of benzene rings is 1. The monoisotopic (exact) mass is 343 g/mol. The molecule has 0 bridgehead atoms. The van der Waals surface area contributed by atoms with Crippen molar-refractivity contribution in [3.05, 3.63) is 48.2 Å². The Balaban J connectivity index is 2.06. The number of furan rings is 1. The summed E-state index contributed by atoms with van der Waals surface area (Å²) >= 11 is 1.29. The number of rotatable bonds is 5. The maximum atomic E-state index is 11.7. The third-order valence-corrected chi connectivity index (χ3v) is 4.50. The van der Waals surface area contributed by atoms with Gasteiger partial charge in [0.1, 0.15) is 5.25 Å². The Bertz CT molecular complexity index is 825. The molecule has 0 saturated heterocycles. The van der Waals surface area contributed by atoms with E-state index in [2.05, 4.69) is 10.2 Å². The first kappa shape index (κ1) is 16.3. The van der Waals surface area contributed by atoms with E-state index < -0.39 is 5.25 Å². The predicted molar refractivity (Wildman–Crippen MR) is 91.1 cm³/mol. The van der Waals surface area contributed by atoms with Crippen LogP contribution in [0.25, 0.3) is 17.3 Å². The van der Waals surface area contributed by atoms with E-state index in [4.69, 9.17) is 9.15 Å². The van der Waals surface area contributed by atoms with Gasteiger partial charge in [0.15, 0.2) is 10.9 Å². The highest BCUT2D eigenvalue weighted by molar-refractivity contribution is 8.00. The van der Waals surface area contributed by atoms with Crippen molar-refractivity contribution in [2.24, 2.45) is 0 Å². The summed E-state index contributed by atoms with van der Waals surface area (Å²) in [5.41, 5.74) is 2.06. The Hall–Kier alpha value is -2.54. The van der Waals surface area contributed by atoms with Crippen LogP contribution in [0.15, 0.2) is 52.2 Å². The van der Waals surface area contributed by atoms with Gasteiger partial charge in [-0.15, -0.1) is 10.2 Å². The molecule has 0 aliphatic heterocycles. The molecule has 0 aliphatic carbocycles. The highest BCUT2D eigenvalue weighted by Gasteiger charge is 2.23. The van der Waals surface area contributed by atoms with Crippen LogP contribution in [-0.2, 0) is 9.53 Å². The molecule has 3 rings (SSSR count). The van der Waals surface area contributed by atoms with Gasteiger partial charge in [0.05, 0.1) is 13.4 Å². The minimum absolute atomic E-state index is 0.307. The van der Waals surface area contributed by atoms with Gasteiger partial charge >= 0.3 is 5.97 Å². The van der Waals surface area contributed by atoms with Crippen LogP contribution >= 0.6 is 11.8 Å². The molecule has 2 heterocycles. The first-order valence-electron chi connectivity index (χ1n) is 7.41. The summed E-state index contributed by atoms with van der Waals surface area (Å²) in [5.74, 6) is 0.891. The topological polar surface area (TPSA) is 70.2 Å². The summed E-state index contributed by atoms with van der Waals surface area (Å²) in [6.45, 7) is 3.80. The second-order valence-corrected chi connectivity index (χ2v) is 6.55. The summed E-state index contributed by atoms with van der Waals surface area (Å²) in [5, 5.41) is 8.68. The highest BCUT2D eigenvalue weighted by Crippen LogP contribution is 2.30. The van der Waals surface area contributed by atoms with Crippen molar-refractivity contribution in [1.29, 1.82) is 0 Å². The summed E-state index contributed by atoms with van der Waals surface area (Å²) < 4.78 is 12.1. The molecule has 0 saturated carbocycles. The highest BCUT2D eigenvalue weighted by atomic mass is 32.2. The fourth-order valence-corrected chi connectivity index (χ4v) is 3.10. The molecule has 3 aromatic rings. The summed E-state index contributed by atoms with van der Waals surface area (Å²) in [4.78, 5) is 11.7. The van der Waals surface area contributed by atoms with Gasteiger partial charge in [-0.1, -0.05) is 29.5 Å². The molecule has 7 heteroatoms. The molecule has 2 aromatic heterocycles. The Morgan fingerprint density at radius 2 is 2.00 bits per heavy atom.